The zero-order chi connectivity index (χ0) is 13.5. The molecule has 1 fully saturated rings. The molecule has 3 atom stereocenters. The molecule has 1 aliphatic rings. The first-order chi connectivity index (χ1) is 8.50. The molecule has 1 aliphatic carbocycles. The Hall–Kier alpha value is -0.490. The minimum atomic E-state index is 0.443. The zero-order valence-corrected chi connectivity index (χ0v) is 13.0. The second kappa shape index (κ2) is 7.84. The molecule has 0 aromatic heterocycles. The van der Waals surface area contributed by atoms with E-state index in [1.807, 2.05) is 18.2 Å². The molecule has 0 amide bonds. The van der Waals surface area contributed by atoms with Gasteiger partial charge in [0, 0.05) is 5.38 Å². The van der Waals surface area contributed by atoms with Crippen molar-refractivity contribution in [1.82, 2.24) is 0 Å². The van der Waals surface area contributed by atoms with Crippen LogP contribution < -0.4 is 0 Å². The van der Waals surface area contributed by atoms with E-state index in [0.29, 0.717) is 5.38 Å². The standard InChI is InChI=1S/C10H19Cl.C7H8/c1-7(2)9-5-4-8(3)6-10(9)11;1-7-5-3-2-4-6-7/h7-10H,4-6H2,1-3H3;2-6H,1H3. The highest BCUT2D eigenvalue weighted by Gasteiger charge is 2.28. The van der Waals surface area contributed by atoms with Gasteiger partial charge in [0.1, 0.15) is 0 Å². The molecule has 102 valence electrons. The Morgan fingerprint density at radius 3 is 2.11 bits per heavy atom. The van der Waals surface area contributed by atoms with Crippen LogP contribution in [0.5, 0.6) is 0 Å². The van der Waals surface area contributed by atoms with Gasteiger partial charge in [0.05, 0.1) is 0 Å². The maximum Gasteiger partial charge on any atom is 0.0369 e. The van der Waals surface area contributed by atoms with Crippen LogP contribution in [0.4, 0.5) is 0 Å². The number of alkyl halides is 1. The fourth-order valence-corrected chi connectivity index (χ4v) is 3.34. The molecule has 1 aromatic rings. The molecular weight excluding hydrogens is 240 g/mol. The topological polar surface area (TPSA) is 0 Å². The summed E-state index contributed by atoms with van der Waals surface area (Å²) in [5.41, 5.74) is 1.32. The van der Waals surface area contributed by atoms with Gasteiger partial charge in [0.2, 0.25) is 0 Å². The van der Waals surface area contributed by atoms with Gasteiger partial charge in [-0.1, -0.05) is 63.1 Å². The summed E-state index contributed by atoms with van der Waals surface area (Å²) in [5.74, 6) is 2.39. The van der Waals surface area contributed by atoms with Crippen LogP contribution in [0.25, 0.3) is 0 Å². The second-order valence-corrected chi connectivity index (χ2v) is 6.56. The van der Waals surface area contributed by atoms with Gasteiger partial charge in [-0.15, -0.1) is 11.6 Å². The lowest BCUT2D eigenvalue weighted by molar-refractivity contribution is 0.240. The Morgan fingerprint density at radius 2 is 1.72 bits per heavy atom. The zero-order valence-electron chi connectivity index (χ0n) is 12.2. The summed E-state index contributed by atoms with van der Waals surface area (Å²) >= 11 is 6.27. The molecule has 0 saturated heterocycles. The molecule has 0 spiro atoms. The van der Waals surface area contributed by atoms with E-state index in [2.05, 4.69) is 39.8 Å². The predicted molar refractivity (Wildman–Crippen MR) is 82.2 cm³/mol. The Balaban J connectivity index is 0.000000199. The van der Waals surface area contributed by atoms with E-state index in [0.717, 1.165) is 17.8 Å². The van der Waals surface area contributed by atoms with E-state index >= 15 is 0 Å². The van der Waals surface area contributed by atoms with Gasteiger partial charge in [-0.3, -0.25) is 0 Å². The summed E-state index contributed by atoms with van der Waals surface area (Å²) in [4.78, 5) is 0. The number of hydrogen-bond acceptors (Lipinski definition) is 0. The van der Waals surface area contributed by atoms with Crippen LogP contribution in [0, 0.1) is 24.7 Å². The predicted octanol–water partition coefficient (Wildman–Crippen LogP) is 5.68. The number of halogens is 1. The van der Waals surface area contributed by atoms with Gasteiger partial charge >= 0.3 is 0 Å². The van der Waals surface area contributed by atoms with Crippen molar-refractivity contribution in [1.29, 1.82) is 0 Å². The average Bonchev–Trinajstić information content (AvgIpc) is 2.30. The molecule has 0 N–H and O–H groups in total. The van der Waals surface area contributed by atoms with Crippen molar-refractivity contribution in [2.45, 2.75) is 52.3 Å². The number of rotatable bonds is 1. The number of benzene rings is 1. The van der Waals surface area contributed by atoms with Crippen LogP contribution in [0.15, 0.2) is 30.3 Å². The lowest BCUT2D eigenvalue weighted by Crippen LogP contribution is -2.27. The van der Waals surface area contributed by atoms with E-state index in [1.54, 1.807) is 0 Å². The smallest absolute Gasteiger partial charge is 0.0369 e. The van der Waals surface area contributed by atoms with Gasteiger partial charge in [-0.05, 0) is 37.5 Å². The fraction of sp³-hybridized carbons (Fsp3) is 0.647. The molecule has 0 radical (unpaired) electrons. The normalized spacial score (nSPS) is 27.6. The Morgan fingerprint density at radius 1 is 1.11 bits per heavy atom. The molecule has 2 rings (SSSR count). The molecular formula is C17H27Cl. The van der Waals surface area contributed by atoms with Gasteiger partial charge in [0.15, 0.2) is 0 Å². The summed E-state index contributed by atoms with van der Waals surface area (Å²) < 4.78 is 0. The Bertz CT molecular complexity index is 318. The second-order valence-electron chi connectivity index (χ2n) is 6.00. The third-order valence-corrected chi connectivity index (χ3v) is 4.38. The lowest BCUT2D eigenvalue weighted by Gasteiger charge is -2.33. The molecule has 1 saturated carbocycles. The van der Waals surface area contributed by atoms with Gasteiger partial charge < -0.3 is 0 Å². The Labute approximate surface area is 118 Å². The van der Waals surface area contributed by atoms with Crippen molar-refractivity contribution >= 4 is 11.6 Å². The minimum Gasteiger partial charge on any atom is -0.123 e. The number of hydrogen-bond donors (Lipinski definition) is 0. The highest BCUT2D eigenvalue weighted by atomic mass is 35.5. The maximum absolute atomic E-state index is 6.27. The summed E-state index contributed by atoms with van der Waals surface area (Å²) in [6.45, 7) is 8.97. The number of aryl methyl sites for hydroxylation is 1. The molecule has 0 aliphatic heterocycles. The van der Waals surface area contributed by atoms with E-state index in [4.69, 9.17) is 11.6 Å². The van der Waals surface area contributed by atoms with Crippen molar-refractivity contribution in [3.63, 3.8) is 0 Å². The first kappa shape index (κ1) is 15.6. The summed E-state index contributed by atoms with van der Waals surface area (Å²) in [6, 6.07) is 10.3. The Kier molecular flexibility index (Phi) is 6.78. The van der Waals surface area contributed by atoms with E-state index in [1.165, 1.54) is 24.8 Å². The monoisotopic (exact) mass is 266 g/mol. The third-order valence-electron chi connectivity index (χ3n) is 3.88. The molecule has 1 heteroatoms. The SMILES string of the molecule is CC1CCC(C(C)C)C(Cl)C1.Cc1ccccc1. The molecule has 18 heavy (non-hydrogen) atoms. The fourth-order valence-electron chi connectivity index (χ4n) is 2.62. The van der Waals surface area contributed by atoms with Crippen molar-refractivity contribution in [3.8, 4) is 0 Å². The van der Waals surface area contributed by atoms with Crippen molar-refractivity contribution < 1.29 is 0 Å². The summed E-state index contributed by atoms with van der Waals surface area (Å²) in [5, 5.41) is 0.443. The van der Waals surface area contributed by atoms with E-state index < -0.39 is 0 Å². The first-order valence-corrected chi connectivity index (χ1v) is 7.60. The molecule has 0 heterocycles. The van der Waals surface area contributed by atoms with Gasteiger partial charge in [-0.2, -0.15) is 0 Å². The minimum absolute atomic E-state index is 0.443. The highest BCUT2D eigenvalue weighted by Crippen LogP contribution is 2.36. The third kappa shape index (κ3) is 5.44. The van der Waals surface area contributed by atoms with Crippen molar-refractivity contribution in [2.24, 2.45) is 17.8 Å². The van der Waals surface area contributed by atoms with Crippen LogP contribution in [0.1, 0.15) is 45.6 Å². The van der Waals surface area contributed by atoms with Crippen LogP contribution in [0.3, 0.4) is 0 Å². The molecule has 3 unspecified atom stereocenters. The van der Waals surface area contributed by atoms with Gasteiger partial charge in [0.25, 0.3) is 0 Å². The highest BCUT2D eigenvalue weighted by molar-refractivity contribution is 6.20. The van der Waals surface area contributed by atoms with Crippen LogP contribution >= 0.6 is 11.6 Å². The maximum atomic E-state index is 6.27. The lowest BCUT2D eigenvalue weighted by atomic mass is 9.77. The van der Waals surface area contributed by atoms with Crippen molar-refractivity contribution in [2.75, 3.05) is 0 Å². The summed E-state index contributed by atoms with van der Waals surface area (Å²) in [6.07, 6.45) is 3.95. The quantitative estimate of drug-likeness (QED) is 0.574. The van der Waals surface area contributed by atoms with Crippen molar-refractivity contribution in [3.05, 3.63) is 35.9 Å². The summed E-state index contributed by atoms with van der Waals surface area (Å²) in [7, 11) is 0. The average molecular weight is 267 g/mol. The molecule has 0 nitrogen and oxygen atoms in total. The van der Waals surface area contributed by atoms with Crippen LogP contribution in [-0.2, 0) is 0 Å². The molecule has 1 aromatic carbocycles. The molecule has 0 bridgehead atoms. The van der Waals surface area contributed by atoms with Crippen LogP contribution in [-0.4, -0.2) is 5.38 Å². The van der Waals surface area contributed by atoms with E-state index in [9.17, 15) is 0 Å². The van der Waals surface area contributed by atoms with E-state index in [-0.39, 0.29) is 0 Å². The van der Waals surface area contributed by atoms with Gasteiger partial charge in [-0.25, -0.2) is 0 Å². The first-order valence-electron chi connectivity index (χ1n) is 7.16. The van der Waals surface area contributed by atoms with Crippen LogP contribution in [0.2, 0.25) is 0 Å². The largest absolute Gasteiger partial charge is 0.123 e.